The van der Waals surface area contributed by atoms with E-state index in [1.807, 2.05) is 5.92 Å². The van der Waals surface area contributed by atoms with Gasteiger partial charge in [-0.25, -0.2) is 0 Å². The third-order valence-electron chi connectivity index (χ3n) is 2.93. The minimum absolute atomic E-state index is 0.319. The molecule has 5 nitrogen and oxygen atoms in total. The first-order chi connectivity index (χ1) is 8.51. The number of carbonyl (C=O) groups excluding carboxylic acids is 2. The minimum Gasteiger partial charge on any atom is -0.504 e. The van der Waals surface area contributed by atoms with Crippen molar-refractivity contribution in [1.29, 1.82) is 5.26 Å². The van der Waals surface area contributed by atoms with E-state index in [4.69, 9.17) is 11.7 Å². The van der Waals surface area contributed by atoms with E-state index in [1.165, 1.54) is 0 Å². The zero-order chi connectivity index (χ0) is 13.4. The van der Waals surface area contributed by atoms with Gasteiger partial charge in [0.2, 0.25) is 0 Å². The largest absolute Gasteiger partial charge is 0.504 e. The van der Waals surface area contributed by atoms with Gasteiger partial charge in [0.25, 0.3) is 0 Å². The van der Waals surface area contributed by atoms with Gasteiger partial charge in [-0.1, -0.05) is 5.92 Å². The number of hydrogen-bond donors (Lipinski definition) is 2. The number of nitrogens with zero attached hydrogens (tertiary/aromatic N) is 1. The first kappa shape index (κ1) is 11.7. The quantitative estimate of drug-likeness (QED) is 0.282. The third kappa shape index (κ3) is 1.42. The van der Waals surface area contributed by atoms with Gasteiger partial charge in [0.1, 0.15) is 11.6 Å². The smallest absolute Gasteiger partial charge is 0.176 e. The summed E-state index contributed by atoms with van der Waals surface area (Å²) in [5.41, 5.74) is -0.648. The molecule has 0 aromatic heterocycles. The number of aliphatic hydroxyl groups is 2. The monoisotopic (exact) mass is 241 g/mol. The maximum absolute atomic E-state index is 12.0. The van der Waals surface area contributed by atoms with Gasteiger partial charge < -0.3 is 10.2 Å². The maximum Gasteiger partial charge on any atom is 0.176 e. The van der Waals surface area contributed by atoms with E-state index in [2.05, 4.69) is 0 Å². The lowest BCUT2D eigenvalue weighted by atomic mass is 9.89. The van der Waals surface area contributed by atoms with E-state index in [0.717, 1.165) is 12.2 Å². The molecule has 0 bridgehead atoms. The number of aliphatic hydroxyl groups excluding tert-OH is 2. The number of hydrogen-bond acceptors (Lipinski definition) is 5. The second kappa shape index (κ2) is 3.90. The zero-order valence-corrected chi connectivity index (χ0v) is 9.04. The summed E-state index contributed by atoms with van der Waals surface area (Å²) in [4.78, 5) is 23.9. The van der Waals surface area contributed by atoms with E-state index < -0.39 is 34.9 Å². The highest BCUT2D eigenvalue weighted by Crippen LogP contribution is 2.37. The predicted octanol–water partition coefficient (Wildman–Crippen LogP) is 0.721. The summed E-state index contributed by atoms with van der Waals surface area (Å²) in [6.07, 6.45) is 7.26. The molecule has 0 amide bonds. The summed E-state index contributed by atoms with van der Waals surface area (Å²) in [5.74, 6) is -1.93. The van der Waals surface area contributed by atoms with Crippen molar-refractivity contribution in [3.05, 3.63) is 34.8 Å². The highest BCUT2D eigenvalue weighted by Gasteiger charge is 2.47. The molecule has 0 aromatic rings. The molecule has 2 atom stereocenters. The van der Waals surface area contributed by atoms with Crippen molar-refractivity contribution < 1.29 is 19.8 Å². The van der Waals surface area contributed by atoms with Crippen LogP contribution in [0.2, 0.25) is 0 Å². The lowest BCUT2D eigenvalue weighted by molar-refractivity contribution is -0.117. The molecule has 18 heavy (non-hydrogen) atoms. The minimum atomic E-state index is -0.903. The Bertz CT molecular complexity index is 583. The molecule has 0 saturated heterocycles. The summed E-state index contributed by atoms with van der Waals surface area (Å²) in [7, 11) is 0. The molecule has 0 spiro atoms. The number of Topliss-reactive ketones (excluding diaryl/α,β-unsaturated/α-hetero) is 2. The lowest BCUT2D eigenvalue weighted by Gasteiger charge is -2.14. The van der Waals surface area contributed by atoms with Crippen LogP contribution < -0.4 is 0 Å². The Morgan fingerprint density at radius 1 is 1.17 bits per heavy atom. The van der Waals surface area contributed by atoms with Gasteiger partial charge >= 0.3 is 0 Å². The van der Waals surface area contributed by atoms with Crippen molar-refractivity contribution in [2.45, 2.75) is 0 Å². The highest BCUT2D eigenvalue weighted by molar-refractivity contribution is 6.29. The summed E-state index contributed by atoms with van der Waals surface area (Å²) in [6.45, 7) is 0. The third-order valence-corrected chi connectivity index (χ3v) is 2.93. The molecule has 0 aliphatic heterocycles. The van der Waals surface area contributed by atoms with Crippen molar-refractivity contribution in [3.8, 4) is 18.4 Å². The molecule has 0 aromatic carbocycles. The predicted molar refractivity (Wildman–Crippen MR) is 59.9 cm³/mol. The molecule has 2 N–H and O–H groups in total. The standard InChI is InChI=1S/C13H7NO4/c1-2-6(5-14)11-12(17)7-3-9(15)10(16)4-8(7)13(11)18/h1,3-4,7-8,15-16H. The summed E-state index contributed by atoms with van der Waals surface area (Å²) >= 11 is 0. The van der Waals surface area contributed by atoms with Gasteiger partial charge in [-0.2, -0.15) is 5.26 Å². The van der Waals surface area contributed by atoms with Crippen LogP contribution in [0.4, 0.5) is 0 Å². The van der Waals surface area contributed by atoms with Crippen LogP contribution in [0.3, 0.4) is 0 Å². The molecule has 88 valence electrons. The average Bonchev–Trinajstić information content (AvgIpc) is 2.57. The molecular formula is C13H7NO4. The van der Waals surface area contributed by atoms with Crippen molar-refractivity contribution >= 4 is 11.6 Å². The number of rotatable bonds is 0. The first-order valence-corrected chi connectivity index (χ1v) is 5.02. The normalized spacial score (nSPS) is 25.8. The van der Waals surface area contributed by atoms with Crippen LogP contribution in [0.5, 0.6) is 0 Å². The van der Waals surface area contributed by atoms with Gasteiger partial charge in [-0.3, -0.25) is 9.59 Å². The molecule has 5 heteroatoms. The fourth-order valence-electron chi connectivity index (χ4n) is 2.06. The fraction of sp³-hybridized carbons (Fsp3) is 0.154. The molecule has 2 rings (SSSR count). The Morgan fingerprint density at radius 3 is 1.94 bits per heavy atom. The van der Waals surface area contributed by atoms with E-state index in [9.17, 15) is 19.8 Å². The average molecular weight is 241 g/mol. The number of fused-ring (bicyclic) bond motifs is 1. The van der Waals surface area contributed by atoms with Gasteiger partial charge in [-0.15, -0.1) is 6.42 Å². The van der Waals surface area contributed by atoms with Crippen LogP contribution in [-0.4, -0.2) is 21.8 Å². The Morgan fingerprint density at radius 2 is 1.61 bits per heavy atom. The van der Waals surface area contributed by atoms with Gasteiger partial charge in [0, 0.05) is 0 Å². The molecule has 2 aliphatic rings. The van der Waals surface area contributed by atoms with Crippen LogP contribution in [0.15, 0.2) is 34.8 Å². The van der Waals surface area contributed by atoms with Crippen molar-refractivity contribution in [2.75, 3.05) is 0 Å². The molecule has 0 radical (unpaired) electrons. The molecule has 1 saturated carbocycles. The summed E-state index contributed by atoms with van der Waals surface area (Å²) < 4.78 is 0. The Balaban J connectivity index is 2.61. The van der Waals surface area contributed by atoms with Gasteiger partial charge in [0.15, 0.2) is 23.1 Å². The van der Waals surface area contributed by atoms with Crippen LogP contribution in [0.25, 0.3) is 0 Å². The lowest BCUT2D eigenvalue weighted by Crippen LogP contribution is -2.18. The van der Waals surface area contributed by atoms with Gasteiger partial charge in [0.05, 0.1) is 17.4 Å². The Kier molecular flexibility index (Phi) is 2.53. The topological polar surface area (TPSA) is 98.4 Å². The summed E-state index contributed by atoms with van der Waals surface area (Å²) in [6, 6.07) is 1.62. The number of ketones is 2. The second-order valence-electron chi connectivity index (χ2n) is 3.89. The van der Waals surface area contributed by atoms with Crippen LogP contribution in [-0.2, 0) is 9.59 Å². The molecule has 0 heterocycles. The van der Waals surface area contributed by atoms with Crippen molar-refractivity contribution in [1.82, 2.24) is 0 Å². The van der Waals surface area contributed by atoms with Crippen molar-refractivity contribution in [3.63, 3.8) is 0 Å². The highest BCUT2D eigenvalue weighted by atomic mass is 16.3. The van der Waals surface area contributed by atoms with E-state index in [-0.39, 0.29) is 11.1 Å². The van der Waals surface area contributed by atoms with Crippen molar-refractivity contribution in [2.24, 2.45) is 11.8 Å². The van der Waals surface area contributed by atoms with E-state index in [1.54, 1.807) is 6.07 Å². The number of nitriles is 1. The van der Waals surface area contributed by atoms with Crippen LogP contribution in [0.1, 0.15) is 0 Å². The number of terminal acetylenes is 1. The first-order valence-electron chi connectivity index (χ1n) is 5.02. The van der Waals surface area contributed by atoms with Gasteiger partial charge in [-0.05, 0) is 12.2 Å². The van der Waals surface area contributed by atoms with E-state index >= 15 is 0 Å². The van der Waals surface area contributed by atoms with Crippen LogP contribution in [0, 0.1) is 35.5 Å². The Labute approximate surface area is 102 Å². The maximum atomic E-state index is 12.0. The number of allylic oxidation sites excluding steroid dienone is 4. The summed E-state index contributed by atoms with van der Waals surface area (Å²) in [5, 5.41) is 27.4. The second-order valence-corrected chi connectivity index (χ2v) is 3.89. The molecule has 2 unspecified atom stereocenters. The number of carbonyl (C=O) groups is 2. The molecule has 2 aliphatic carbocycles. The molecule has 1 fully saturated rings. The van der Waals surface area contributed by atoms with E-state index in [0.29, 0.717) is 0 Å². The fourth-order valence-corrected chi connectivity index (χ4v) is 2.06. The Hall–Kier alpha value is -2.79. The van der Waals surface area contributed by atoms with Crippen LogP contribution >= 0.6 is 0 Å². The SMILES string of the molecule is C#CC(C#N)=C1C(=O)C2C=C(O)C(O)=CC2C1=O. The molecular weight excluding hydrogens is 234 g/mol. The zero-order valence-electron chi connectivity index (χ0n) is 9.04.